The van der Waals surface area contributed by atoms with Crippen LogP contribution in [0.3, 0.4) is 0 Å². The predicted molar refractivity (Wildman–Crippen MR) is 74.7 cm³/mol. The van der Waals surface area contributed by atoms with Gasteiger partial charge < -0.3 is 15.2 Å². The first-order chi connectivity index (χ1) is 9.53. The van der Waals surface area contributed by atoms with Gasteiger partial charge >= 0.3 is 0 Å². The van der Waals surface area contributed by atoms with E-state index in [9.17, 15) is 4.79 Å². The number of hydrogen-bond donors (Lipinski definition) is 1. The van der Waals surface area contributed by atoms with E-state index in [1.807, 2.05) is 12.1 Å². The van der Waals surface area contributed by atoms with Gasteiger partial charge in [-0.25, -0.2) is 0 Å². The third kappa shape index (κ3) is 3.72. The van der Waals surface area contributed by atoms with E-state index in [2.05, 4.69) is 4.99 Å². The Bertz CT molecular complexity index is 561. The van der Waals surface area contributed by atoms with Crippen molar-refractivity contribution in [2.24, 2.45) is 16.6 Å². The van der Waals surface area contributed by atoms with Gasteiger partial charge in [-0.1, -0.05) is 6.07 Å². The van der Waals surface area contributed by atoms with Gasteiger partial charge in [0.15, 0.2) is 17.4 Å². The molecule has 0 bridgehead atoms. The van der Waals surface area contributed by atoms with Crippen LogP contribution in [0, 0.1) is 17.2 Å². The van der Waals surface area contributed by atoms with E-state index in [-0.39, 0.29) is 0 Å². The number of nitriles is 1. The summed E-state index contributed by atoms with van der Waals surface area (Å²) in [5.41, 5.74) is 6.40. The molecule has 0 aliphatic carbocycles. The molecule has 0 aromatic heterocycles. The van der Waals surface area contributed by atoms with Crippen molar-refractivity contribution in [1.82, 2.24) is 0 Å². The summed E-state index contributed by atoms with van der Waals surface area (Å²) in [7, 11) is 3.11. The summed E-state index contributed by atoms with van der Waals surface area (Å²) in [6.07, 6.45) is 0. The second-order valence-corrected chi connectivity index (χ2v) is 4.11. The largest absolute Gasteiger partial charge is 0.493 e. The molecule has 106 valence electrons. The van der Waals surface area contributed by atoms with Crippen molar-refractivity contribution < 1.29 is 14.3 Å². The second kappa shape index (κ2) is 7.14. The van der Waals surface area contributed by atoms with Crippen LogP contribution in [0.5, 0.6) is 11.5 Å². The Morgan fingerprint density at radius 3 is 2.55 bits per heavy atom. The maximum absolute atomic E-state index is 11.0. The minimum absolute atomic E-state index is 0.331. The lowest BCUT2D eigenvalue weighted by molar-refractivity contribution is -0.118. The lowest BCUT2D eigenvalue weighted by atomic mass is 10.1. The molecule has 0 heterocycles. The molecular formula is C14H17N3O3. The van der Waals surface area contributed by atoms with Crippen molar-refractivity contribution >= 4 is 11.6 Å². The highest BCUT2D eigenvalue weighted by Gasteiger charge is 2.17. The molecule has 1 amide bonds. The topological polar surface area (TPSA) is 97.7 Å². The van der Waals surface area contributed by atoms with E-state index in [1.54, 1.807) is 33.3 Å². The highest BCUT2D eigenvalue weighted by Crippen LogP contribution is 2.27. The standard InChI is InChI=1S/C14H17N3O3/c1-9(11(7-15)14(16)18)17-8-10-4-5-12(19-2)13(6-10)20-3/h4-6,11H,8H2,1-3H3,(H2,16,18). The number of nitrogens with two attached hydrogens (primary N) is 1. The monoisotopic (exact) mass is 275 g/mol. The first-order valence-electron chi connectivity index (χ1n) is 5.94. The molecule has 0 saturated heterocycles. The number of methoxy groups -OCH3 is 2. The maximum atomic E-state index is 11.0. The van der Waals surface area contributed by atoms with Crippen molar-refractivity contribution in [2.75, 3.05) is 14.2 Å². The Morgan fingerprint density at radius 2 is 2.05 bits per heavy atom. The average Bonchev–Trinajstić information content (AvgIpc) is 2.45. The zero-order chi connectivity index (χ0) is 15.1. The van der Waals surface area contributed by atoms with Crippen molar-refractivity contribution in [3.63, 3.8) is 0 Å². The van der Waals surface area contributed by atoms with Gasteiger partial charge in [0.2, 0.25) is 5.91 Å². The Labute approximate surface area is 117 Å². The zero-order valence-electron chi connectivity index (χ0n) is 11.7. The summed E-state index contributed by atoms with van der Waals surface area (Å²) in [6.45, 7) is 1.94. The van der Waals surface area contributed by atoms with Crippen LogP contribution in [-0.4, -0.2) is 25.8 Å². The number of benzene rings is 1. The minimum Gasteiger partial charge on any atom is -0.493 e. The summed E-state index contributed by atoms with van der Waals surface area (Å²) >= 11 is 0. The Morgan fingerprint density at radius 1 is 1.40 bits per heavy atom. The number of aliphatic imine (C=N–C) groups is 1. The third-order valence-corrected chi connectivity index (χ3v) is 2.79. The summed E-state index contributed by atoms with van der Waals surface area (Å²) in [6, 6.07) is 7.23. The Balaban J connectivity index is 2.89. The number of hydrogen-bond acceptors (Lipinski definition) is 5. The summed E-state index contributed by atoms with van der Waals surface area (Å²) in [4.78, 5) is 15.3. The number of primary amides is 1. The highest BCUT2D eigenvalue weighted by molar-refractivity contribution is 6.04. The fraction of sp³-hybridized carbons (Fsp3) is 0.357. The maximum Gasteiger partial charge on any atom is 0.240 e. The van der Waals surface area contributed by atoms with Gasteiger partial charge in [-0.3, -0.25) is 9.79 Å². The number of carbonyl (C=O) groups is 1. The van der Waals surface area contributed by atoms with Crippen molar-refractivity contribution in [3.8, 4) is 17.6 Å². The molecular weight excluding hydrogens is 258 g/mol. The van der Waals surface area contributed by atoms with Crippen LogP contribution in [0.4, 0.5) is 0 Å². The smallest absolute Gasteiger partial charge is 0.240 e. The summed E-state index contributed by atoms with van der Waals surface area (Å²) in [5, 5.41) is 8.85. The number of amides is 1. The van der Waals surface area contributed by atoms with Crippen LogP contribution in [-0.2, 0) is 11.3 Å². The van der Waals surface area contributed by atoms with Gasteiger partial charge in [0.1, 0.15) is 0 Å². The molecule has 2 N–H and O–H groups in total. The molecule has 1 rings (SSSR count). The highest BCUT2D eigenvalue weighted by atomic mass is 16.5. The third-order valence-electron chi connectivity index (χ3n) is 2.79. The fourth-order valence-corrected chi connectivity index (χ4v) is 1.65. The molecule has 6 nitrogen and oxygen atoms in total. The SMILES string of the molecule is COc1ccc(CN=C(C)C(C#N)C(N)=O)cc1OC. The lowest BCUT2D eigenvalue weighted by Gasteiger charge is -2.09. The average molecular weight is 275 g/mol. The van der Waals surface area contributed by atoms with Gasteiger partial charge in [0.25, 0.3) is 0 Å². The summed E-state index contributed by atoms with van der Waals surface area (Å²) < 4.78 is 10.3. The van der Waals surface area contributed by atoms with Crippen LogP contribution in [0.25, 0.3) is 0 Å². The van der Waals surface area contributed by atoms with Crippen LogP contribution in [0.15, 0.2) is 23.2 Å². The Kier molecular flexibility index (Phi) is 5.54. The molecule has 6 heteroatoms. The van der Waals surface area contributed by atoms with E-state index in [0.717, 1.165) is 5.56 Å². The molecule has 20 heavy (non-hydrogen) atoms. The quantitative estimate of drug-likeness (QED) is 0.791. The molecule has 1 atom stereocenters. The first-order valence-corrected chi connectivity index (χ1v) is 5.94. The van der Waals surface area contributed by atoms with E-state index >= 15 is 0 Å². The number of nitrogens with zero attached hydrogens (tertiary/aromatic N) is 2. The van der Waals surface area contributed by atoms with Crippen LogP contribution >= 0.6 is 0 Å². The lowest BCUT2D eigenvalue weighted by Crippen LogP contribution is -2.27. The van der Waals surface area contributed by atoms with Crippen LogP contribution in [0.2, 0.25) is 0 Å². The molecule has 0 fully saturated rings. The molecule has 1 aromatic rings. The molecule has 0 radical (unpaired) electrons. The van der Waals surface area contributed by atoms with Crippen LogP contribution in [0.1, 0.15) is 12.5 Å². The van der Waals surface area contributed by atoms with Crippen LogP contribution < -0.4 is 15.2 Å². The first kappa shape index (κ1) is 15.5. The second-order valence-electron chi connectivity index (χ2n) is 4.11. The van der Waals surface area contributed by atoms with E-state index in [4.69, 9.17) is 20.5 Å². The molecule has 1 unspecified atom stereocenters. The number of carbonyl (C=O) groups excluding carboxylic acids is 1. The molecule has 0 saturated carbocycles. The molecule has 1 aromatic carbocycles. The van der Waals surface area contributed by atoms with Gasteiger partial charge in [-0.05, 0) is 24.6 Å². The Hall–Kier alpha value is -2.55. The van der Waals surface area contributed by atoms with Gasteiger partial charge in [0.05, 0.1) is 26.8 Å². The molecule has 0 spiro atoms. The molecule has 0 aliphatic heterocycles. The normalized spacial score (nSPS) is 12.4. The van der Waals surface area contributed by atoms with Crippen molar-refractivity contribution in [3.05, 3.63) is 23.8 Å². The molecule has 0 aliphatic rings. The van der Waals surface area contributed by atoms with E-state index in [0.29, 0.717) is 23.8 Å². The minimum atomic E-state index is -0.991. The van der Waals surface area contributed by atoms with E-state index < -0.39 is 11.8 Å². The van der Waals surface area contributed by atoms with Gasteiger partial charge in [-0.2, -0.15) is 5.26 Å². The zero-order valence-corrected chi connectivity index (χ0v) is 11.7. The van der Waals surface area contributed by atoms with Gasteiger partial charge in [-0.15, -0.1) is 0 Å². The van der Waals surface area contributed by atoms with Gasteiger partial charge in [0, 0.05) is 5.71 Å². The number of ether oxygens (including phenoxy) is 2. The van der Waals surface area contributed by atoms with E-state index in [1.165, 1.54) is 0 Å². The predicted octanol–water partition coefficient (Wildman–Crippen LogP) is 1.29. The summed E-state index contributed by atoms with van der Waals surface area (Å²) in [5.74, 6) is -0.454. The fourth-order valence-electron chi connectivity index (χ4n) is 1.65. The van der Waals surface area contributed by atoms with Crippen molar-refractivity contribution in [1.29, 1.82) is 5.26 Å². The van der Waals surface area contributed by atoms with Crippen molar-refractivity contribution in [2.45, 2.75) is 13.5 Å². The number of rotatable bonds is 6.